The quantitative estimate of drug-likeness (QED) is 0.643. The molecule has 1 N–H and O–H groups in total. The molecule has 0 aromatic rings. The molecule has 4 heteroatoms. The Balaban J connectivity index is 1.25. The van der Waals surface area contributed by atoms with E-state index >= 15 is 0 Å². The molecule has 4 rings (SSSR count). The third-order valence-electron chi connectivity index (χ3n) is 6.82. The molecule has 2 heterocycles. The second kappa shape index (κ2) is 6.03. The molecule has 0 aromatic carbocycles. The number of aliphatic imine (C=N–C) groups is 1. The minimum absolute atomic E-state index is 0.419. The van der Waals surface area contributed by atoms with Gasteiger partial charge in [-0.1, -0.05) is 6.42 Å². The van der Waals surface area contributed by atoms with Crippen LogP contribution in [0.3, 0.4) is 0 Å². The molecular weight excluding hydrogens is 274 g/mol. The van der Waals surface area contributed by atoms with E-state index < -0.39 is 0 Å². The number of rotatable bonds is 3. The van der Waals surface area contributed by atoms with E-state index in [0.29, 0.717) is 5.41 Å². The van der Waals surface area contributed by atoms with Crippen LogP contribution in [0.4, 0.5) is 0 Å². The molecule has 4 atom stereocenters. The fraction of sp³-hybridized carbons (Fsp3) is 0.944. The zero-order chi connectivity index (χ0) is 15.0. The lowest BCUT2D eigenvalue weighted by atomic mass is 9.86. The maximum absolute atomic E-state index is 5.63. The number of guanidine groups is 1. The van der Waals surface area contributed by atoms with E-state index in [1.165, 1.54) is 44.9 Å². The van der Waals surface area contributed by atoms with Gasteiger partial charge in [-0.25, -0.2) is 0 Å². The standard InChI is InChI=1S/C18H31N3O/c1-19-17(21-8-5-18(12-21)6-9-22-13-18)20-7-4-16-11-14-2-3-15(16)10-14/h14-16H,2-13H2,1H3,(H,19,20). The van der Waals surface area contributed by atoms with Crippen LogP contribution in [0.2, 0.25) is 0 Å². The van der Waals surface area contributed by atoms with E-state index in [0.717, 1.165) is 56.6 Å². The Labute approximate surface area is 134 Å². The Morgan fingerprint density at radius 3 is 2.95 bits per heavy atom. The number of nitrogens with one attached hydrogen (secondary N) is 1. The first-order valence-electron chi connectivity index (χ1n) is 9.31. The summed E-state index contributed by atoms with van der Waals surface area (Å²) in [5, 5.41) is 3.64. The van der Waals surface area contributed by atoms with E-state index in [1.807, 2.05) is 7.05 Å². The summed E-state index contributed by atoms with van der Waals surface area (Å²) < 4.78 is 5.63. The lowest BCUT2D eigenvalue weighted by Gasteiger charge is -2.26. The molecule has 2 bridgehead atoms. The maximum atomic E-state index is 5.63. The molecule has 0 aromatic heterocycles. The molecule has 22 heavy (non-hydrogen) atoms. The highest BCUT2D eigenvalue weighted by molar-refractivity contribution is 5.80. The SMILES string of the molecule is CN=C(NCCC1CC2CCC1C2)N1CCC2(CCOC2)C1. The lowest BCUT2D eigenvalue weighted by Crippen LogP contribution is -2.42. The van der Waals surface area contributed by atoms with Crippen molar-refractivity contribution in [1.82, 2.24) is 10.2 Å². The van der Waals surface area contributed by atoms with Crippen LogP contribution in [-0.2, 0) is 4.74 Å². The average molecular weight is 305 g/mol. The van der Waals surface area contributed by atoms with Crippen LogP contribution in [0.1, 0.15) is 44.9 Å². The largest absolute Gasteiger partial charge is 0.381 e. The van der Waals surface area contributed by atoms with Crippen LogP contribution in [0.5, 0.6) is 0 Å². The van der Waals surface area contributed by atoms with Gasteiger partial charge in [-0.15, -0.1) is 0 Å². The van der Waals surface area contributed by atoms with E-state index in [1.54, 1.807) is 0 Å². The molecule has 124 valence electrons. The summed E-state index contributed by atoms with van der Waals surface area (Å²) in [7, 11) is 1.93. The highest BCUT2D eigenvalue weighted by Gasteiger charge is 2.42. The number of likely N-dealkylation sites (tertiary alicyclic amines) is 1. The van der Waals surface area contributed by atoms with Crippen molar-refractivity contribution in [2.45, 2.75) is 44.9 Å². The lowest BCUT2D eigenvalue weighted by molar-refractivity contribution is 0.156. The number of hydrogen-bond donors (Lipinski definition) is 1. The van der Waals surface area contributed by atoms with Crippen molar-refractivity contribution >= 4 is 5.96 Å². The Bertz CT molecular complexity index is 430. The van der Waals surface area contributed by atoms with Crippen molar-refractivity contribution < 1.29 is 4.74 Å². The van der Waals surface area contributed by atoms with Crippen molar-refractivity contribution in [3.05, 3.63) is 0 Å². The molecule has 1 spiro atoms. The van der Waals surface area contributed by atoms with Gasteiger partial charge in [0.15, 0.2) is 5.96 Å². The summed E-state index contributed by atoms with van der Waals surface area (Å²) in [6.07, 6.45) is 9.85. The van der Waals surface area contributed by atoms with E-state index in [2.05, 4.69) is 15.2 Å². The number of nitrogens with zero attached hydrogens (tertiary/aromatic N) is 2. The Kier molecular flexibility index (Phi) is 4.05. The predicted molar refractivity (Wildman–Crippen MR) is 89.0 cm³/mol. The summed E-state index contributed by atoms with van der Waals surface area (Å²) >= 11 is 0. The van der Waals surface area contributed by atoms with Crippen molar-refractivity contribution in [1.29, 1.82) is 0 Å². The average Bonchev–Trinajstić information content (AvgIpc) is 3.30. The van der Waals surface area contributed by atoms with Gasteiger partial charge in [-0.05, 0) is 56.3 Å². The van der Waals surface area contributed by atoms with Crippen molar-refractivity contribution in [3.63, 3.8) is 0 Å². The minimum atomic E-state index is 0.419. The molecule has 2 aliphatic heterocycles. The van der Waals surface area contributed by atoms with Crippen LogP contribution in [0.15, 0.2) is 4.99 Å². The molecule has 2 saturated carbocycles. The minimum Gasteiger partial charge on any atom is -0.381 e. The van der Waals surface area contributed by atoms with Gasteiger partial charge in [0.05, 0.1) is 6.61 Å². The van der Waals surface area contributed by atoms with Gasteiger partial charge in [-0.2, -0.15) is 0 Å². The van der Waals surface area contributed by atoms with Crippen molar-refractivity contribution in [2.75, 3.05) is 39.9 Å². The molecule has 0 radical (unpaired) electrons. The Hall–Kier alpha value is -0.770. The summed E-state index contributed by atoms with van der Waals surface area (Å²) in [5.41, 5.74) is 0.419. The summed E-state index contributed by atoms with van der Waals surface area (Å²) in [6.45, 7) is 5.26. The zero-order valence-corrected chi connectivity index (χ0v) is 14.0. The van der Waals surface area contributed by atoms with Crippen LogP contribution >= 0.6 is 0 Å². The van der Waals surface area contributed by atoms with Gasteiger partial charge in [0.2, 0.25) is 0 Å². The third-order valence-corrected chi connectivity index (χ3v) is 6.82. The van der Waals surface area contributed by atoms with Crippen LogP contribution < -0.4 is 5.32 Å². The Morgan fingerprint density at radius 1 is 1.32 bits per heavy atom. The fourth-order valence-electron chi connectivity index (χ4n) is 5.52. The van der Waals surface area contributed by atoms with Gasteiger partial charge >= 0.3 is 0 Å². The van der Waals surface area contributed by atoms with Gasteiger partial charge < -0.3 is 15.0 Å². The molecule has 0 amide bonds. The first-order valence-corrected chi connectivity index (χ1v) is 9.31. The third kappa shape index (κ3) is 2.75. The van der Waals surface area contributed by atoms with Crippen molar-refractivity contribution in [2.24, 2.45) is 28.2 Å². The summed E-state index contributed by atoms with van der Waals surface area (Å²) in [5.74, 6) is 4.21. The second-order valence-corrected chi connectivity index (χ2v) is 8.17. The summed E-state index contributed by atoms with van der Waals surface area (Å²) in [6, 6.07) is 0. The molecule has 2 saturated heterocycles. The number of fused-ring (bicyclic) bond motifs is 2. The van der Waals surface area contributed by atoms with Gasteiger partial charge in [0.25, 0.3) is 0 Å². The first-order chi connectivity index (χ1) is 10.8. The van der Waals surface area contributed by atoms with Crippen LogP contribution in [-0.4, -0.2) is 50.8 Å². The smallest absolute Gasteiger partial charge is 0.193 e. The van der Waals surface area contributed by atoms with Gasteiger partial charge in [0, 0.05) is 38.7 Å². The molecule has 2 aliphatic carbocycles. The maximum Gasteiger partial charge on any atom is 0.193 e. The molecule has 4 unspecified atom stereocenters. The highest BCUT2D eigenvalue weighted by Crippen LogP contribution is 2.49. The number of ether oxygens (including phenoxy) is 1. The van der Waals surface area contributed by atoms with Crippen LogP contribution in [0, 0.1) is 23.2 Å². The van der Waals surface area contributed by atoms with Crippen LogP contribution in [0.25, 0.3) is 0 Å². The van der Waals surface area contributed by atoms with Gasteiger partial charge in [-0.3, -0.25) is 4.99 Å². The molecular formula is C18H31N3O. The topological polar surface area (TPSA) is 36.9 Å². The van der Waals surface area contributed by atoms with Crippen molar-refractivity contribution in [3.8, 4) is 0 Å². The first kappa shape index (κ1) is 14.8. The molecule has 4 fully saturated rings. The van der Waals surface area contributed by atoms with E-state index in [4.69, 9.17) is 4.74 Å². The number of hydrogen-bond acceptors (Lipinski definition) is 2. The van der Waals surface area contributed by atoms with E-state index in [-0.39, 0.29) is 0 Å². The molecule has 4 nitrogen and oxygen atoms in total. The Morgan fingerprint density at radius 2 is 2.27 bits per heavy atom. The normalized spacial score (nSPS) is 41.0. The highest BCUT2D eigenvalue weighted by atomic mass is 16.5. The second-order valence-electron chi connectivity index (χ2n) is 8.17. The van der Waals surface area contributed by atoms with Gasteiger partial charge in [0.1, 0.15) is 0 Å². The fourth-order valence-corrected chi connectivity index (χ4v) is 5.52. The molecule has 4 aliphatic rings. The van der Waals surface area contributed by atoms with E-state index in [9.17, 15) is 0 Å². The summed E-state index contributed by atoms with van der Waals surface area (Å²) in [4.78, 5) is 6.98. The monoisotopic (exact) mass is 305 g/mol. The zero-order valence-electron chi connectivity index (χ0n) is 14.0. The predicted octanol–water partition coefficient (Wildman–Crippen LogP) is 2.50.